The van der Waals surface area contributed by atoms with Crippen LogP contribution in [0.4, 0.5) is 0 Å². The summed E-state index contributed by atoms with van der Waals surface area (Å²) in [4.78, 5) is 0. The van der Waals surface area contributed by atoms with Crippen molar-refractivity contribution < 1.29 is 0 Å². The van der Waals surface area contributed by atoms with Gasteiger partial charge in [-0.15, -0.1) is 0 Å². The summed E-state index contributed by atoms with van der Waals surface area (Å²) in [5, 5.41) is 0.767. The Morgan fingerprint density at radius 1 is 0.600 bits per heavy atom. The minimum absolute atomic E-state index is 0.767. The van der Waals surface area contributed by atoms with Gasteiger partial charge in [-0.2, -0.15) is 0 Å². The lowest BCUT2D eigenvalue weighted by atomic mass is 9.99. The predicted octanol–water partition coefficient (Wildman–Crippen LogP) is 6.28. The summed E-state index contributed by atoms with van der Waals surface area (Å²) in [6.45, 7) is 0. The average molecular weight is 391 g/mol. The van der Waals surface area contributed by atoms with Crippen molar-refractivity contribution in [2.24, 2.45) is 0 Å². The van der Waals surface area contributed by atoms with E-state index in [1.54, 1.807) is 0 Å². The van der Waals surface area contributed by atoms with Gasteiger partial charge in [-0.1, -0.05) is 72.3 Å². The lowest BCUT2D eigenvalue weighted by Gasteiger charge is -2.10. The number of rotatable bonds is 2. The first-order valence-corrected chi connectivity index (χ1v) is 7.81. The van der Waals surface area contributed by atoms with E-state index in [2.05, 4.69) is 77.2 Å². The first kappa shape index (κ1) is 13.7. The fourth-order valence-corrected chi connectivity index (χ4v) is 3.33. The fraction of sp³-hybridized carbons (Fsp3) is 0. The molecule has 0 saturated heterocycles. The van der Waals surface area contributed by atoms with Crippen molar-refractivity contribution in [1.82, 2.24) is 0 Å². The molecule has 2 heteroatoms. The van der Waals surface area contributed by atoms with Gasteiger partial charge in [0.25, 0.3) is 0 Å². The molecule has 0 bridgehead atoms. The van der Waals surface area contributed by atoms with Crippen molar-refractivity contribution in [2.75, 3.05) is 0 Å². The summed E-state index contributed by atoms with van der Waals surface area (Å²) in [7, 11) is 0. The lowest BCUT2D eigenvalue weighted by Crippen LogP contribution is -1.88. The Balaban J connectivity index is 2.13. The molecule has 0 radical (unpaired) electrons. The van der Waals surface area contributed by atoms with Crippen LogP contribution in [-0.2, 0) is 0 Å². The molecule has 3 aromatic rings. The Kier molecular flexibility index (Phi) is 4.08. The summed E-state index contributed by atoms with van der Waals surface area (Å²) >= 11 is 8.39. The fourth-order valence-electron chi connectivity index (χ4n) is 2.23. The lowest BCUT2D eigenvalue weighted by molar-refractivity contribution is 1.55. The number of halogens is 2. The topological polar surface area (TPSA) is 0 Å². The van der Waals surface area contributed by atoms with E-state index in [4.69, 9.17) is 11.6 Å². The van der Waals surface area contributed by atoms with Crippen LogP contribution < -0.4 is 0 Å². The van der Waals surface area contributed by atoms with Crippen LogP contribution in [0.15, 0.2) is 72.8 Å². The molecule has 0 nitrogen and oxygen atoms in total. The van der Waals surface area contributed by atoms with Gasteiger partial charge in [-0.25, -0.2) is 0 Å². The Bertz CT molecular complexity index is 718. The molecule has 0 aliphatic heterocycles. The first-order valence-electron chi connectivity index (χ1n) is 6.35. The van der Waals surface area contributed by atoms with Gasteiger partial charge in [0.1, 0.15) is 0 Å². The van der Waals surface area contributed by atoms with E-state index in [9.17, 15) is 0 Å². The third kappa shape index (κ3) is 2.74. The van der Waals surface area contributed by atoms with Crippen LogP contribution in [0, 0.1) is 3.57 Å². The monoisotopic (exact) mass is 390 g/mol. The Hall–Kier alpha value is -1.32. The highest BCUT2D eigenvalue weighted by molar-refractivity contribution is 14.1. The molecule has 0 aliphatic carbocycles. The van der Waals surface area contributed by atoms with Crippen LogP contribution in [0.2, 0.25) is 5.02 Å². The van der Waals surface area contributed by atoms with E-state index in [0.29, 0.717) is 0 Å². The van der Waals surface area contributed by atoms with Gasteiger partial charge in [0.15, 0.2) is 0 Å². The Morgan fingerprint density at radius 3 is 1.75 bits per heavy atom. The van der Waals surface area contributed by atoms with Crippen molar-refractivity contribution in [1.29, 1.82) is 0 Å². The second kappa shape index (κ2) is 5.98. The van der Waals surface area contributed by atoms with Crippen molar-refractivity contribution >= 4 is 34.2 Å². The zero-order valence-corrected chi connectivity index (χ0v) is 13.6. The maximum atomic E-state index is 5.96. The van der Waals surface area contributed by atoms with E-state index in [1.165, 1.54) is 25.8 Å². The molecule has 98 valence electrons. The van der Waals surface area contributed by atoms with Gasteiger partial charge < -0.3 is 0 Å². The summed E-state index contributed by atoms with van der Waals surface area (Å²) in [6.07, 6.45) is 0. The maximum absolute atomic E-state index is 5.96. The summed E-state index contributed by atoms with van der Waals surface area (Å²) < 4.78 is 1.26. The largest absolute Gasteiger partial charge is 0.0843 e. The number of hydrogen-bond acceptors (Lipinski definition) is 0. The van der Waals surface area contributed by atoms with E-state index in [-0.39, 0.29) is 0 Å². The van der Waals surface area contributed by atoms with Crippen LogP contribution >= 0.6 is 34.2 Å². The summed E-state index contributed by atoms with van der Waals surface area (Å²) in [5.74, 6) is 0. The van der Waals surface area contributed by atoms with E-state index >= 15 is 0 Å². The maximum Gasteiger partial charge on any atom is 0.0406 e. The number of hydrogen-bond donors (Lipinski definition) is 0. The van der Waals surface area contributed by atoms with Crippen molar-refractivity contribution in [2.45, 2.75) is 0 Å². The molecule has 0 N–H and O–H groups in total. The highest BCUT2D eigenvalue weighted by Crippen LogP contribution is 2.33. The minimum atomic E-state index is 0.767. The van der Waals surface area contributed by atoms with Crippen molar-refractivity contribution in [3.8, 4) is 22.3 Å². The SMILES string of the molecule is Clc1ccc(-c2cccc(-c3ccccc3)c2I)cc1. The molecule has 0 aliphatic rings. The molecule has 3 rings (SSSR count). The zero-order chi connectivity index (χ0) is 13.9. The van der Waals surface area contributed by atoms with E-state index in [0.717, 1.165) is 5.02 Å². The van der Waals surface area contributed by atoms with Gasteiger partial charge in [-0.3, -0.25) is 0 Å². The van der Waals surface area contributed by atoms with Crippen LogP contribution in [0.5, 0.6) is 0 Å². The number of benzene rings is 3. The Morgan fingerprint density at radius 2 is 1.15 bits per heavy atom. The van der Waals surface area contributed by atoms with Gasteiger partial charge in [-0.05, 0) is 57.0 Å². The Labute approximate surface area is 137 Å². The molecule has 0 heterocycles. The predicted molar refractivity (Wildman–Crippen MR) is 95.0 cm³/mol. The summed E-state index contributed by atoms with van der Waals surface area (Å²) in [5.41, 5.74) is 4.94. The van der Waals surface area contributed by atoms with Gasteiger partial charge in [0, 0.05) is 8.59 Å². The third-order valence-corrected chi connectivity index (χ3v) is 4.65. The normalized spacial score (nSPS) is 10.5. The minimum Gasteiger partial charge on any atom is -0.0843 e. The quantitative estimate of drug-likeness (QED) is 0.452. The van der Waals surface area contributed by atoms with Crippen molar-refractivity contribution in [3.05, 3.63) is 81.4 Å². The van der Waals surface area contributed by atoms with Crippen molar-refractivity contribution in [3.63, 3.8) is 0 Å². The van der Waals surface area contributed by atoms with E-state index in [1.807, 2.05) is 18.2 Å². The molecule has 0 unspecified atom stereocenters. The molecule has 0 fully saturated rings. The molecule has 0 atom stereocenters. The standard InChI is InChI=1S/C18H12ClI/c19-15-11-9-14(10-12-15)17-8-4-7-16(18(17)20)13-5-2-1-3-6-13/h1-12H. The molecule has 20 heavy (non-hydrogen) atoms. The zero-order valence-electron chi connectivity index (χ0n) is 10.7. The molecular weight excluding hydrogens is 379 g/mol. The third-order valence-electron chi connectivity index (χ3n) is 3.24. The highest BCUT2D eigenvalue weighted by Gasteiger charge is 2.08. The van der Waals surface area contributed by atoms with Crippen LogP contribution in [0.3, 0.4) is 0 Å². The molecule has 0 aromatic heterocycles. The first-order chi connectivity index (χ1) is 9.75. The van der Waals surface area contributed by atoms with Crippen LogP contribution in [-0.4, -0.2) is 0 Å². The molecule has 3 aromatic carbocycles. The second-order valence-corrected chi connectivity index (χ2v) is 6.06. The van der Waals surface area contributed by atoms with Gasteiger partial charge >= 0.3 is 0 Å². The molecular formula is C18H12ClI. The van der Waals surface area contributed by atoms with E-state index < -0.39 is 0 Å². The van der Waals surface area contributed by atoms with Crippen LogP contribution in [0.25, 0.3) is 22.3 Å². The molecule has 0 saturated carbocycles. The highest BCUT2D eigenvalue weighted by atomic mass is 127. The summed E-state index contributed by atoms with van der Waals surface area (Å²) in [6, 6.07) is 24.9. The average Bonchev–Trinajstić information content (AvgIpc) is 2.49. The van der Waals surface area contributed by atoms with Gasteiger partial charge in [0.2, 0.25) is 0 Å². The molecule has 0 spiro atoms. The molecule has 0 amide bonds. The van der Waals surface area contributed by atoms with Gasteiger partial charge in [0.05, 0.1) is 0 Å². The second-order valence-electron chi connectivity index (χ2n) is 4.54. The smallest absolute Gasteiger partial charge is 0.0406 e. The van der Waals surface area contributed by atoms with Crippen LogP contribution in [0.1, 0.15) is 0 Å².